The van der Waals surface area contributed by atoms with Crippen molar-refractivity contribution in [2.75, 3.05) is 19.5 Å². The number of carbonyl (C=O) groups is 3. The monoisotopic (exact) mass is 543 g/mol. The molecule has 37 heavy (non-hydrogen) atoms. The zero-order valence-corrected chi connectivity index (χ0v) is 20.4. The van der Waals surface area contributed by atoms with Gasteiger partial charge >= 0.3 is 11.9 Å². The van der Waals surface area contributed by atoms with Crippen LogP contribution in [-0.4, -0.2) is 42.6 Å². The van der Waals surface area contributed by atoms with E-state index in [0.717, 1.165) is 31.4 Å². The Hall–Kier alpha value is -4.00. The number of amides is 1. The van der Waals surface area contributed by atoms with Crippen molar-refractivity contribution in [1.29, 1.82) is 0 Å². The number of nitrogens with zero attached hydrogens (tertiary/aromatic N) is 1. The normalized spacial score (nSPS) is 12.7. The van der Waals surface area contributed by atoms with E-state index in [-0.39, 0.29) is 5.75 Å². The molecule has 0 bridgehead atoms. The first-order valence-corrected chi connectivity index (χ1v) is 11.0. The maximum atomic E-state index is 15.0. The van der Waals surface area contributed by atoms with Gasteiger partial charge in [0.25, 0.3) is 5.91 Å². The summed E-state index contributed by atoms with van der Waals surface area (Å²) >= 11 is 0.391. The van der Waals surface area contributed by atoms with Gasteiger partial charge in [-0.25, -0.2) is 32.1 Å². The van der Waals surface area contributed by atoms with Crippen LogP contribution >= 0.6 is 11.3 Å². The molecule has 1 N–H and O–H groups in total. The Morgan fingerprint density at radius 2 is 1.68 bits per heavy atom. The largest absolute Gasteiger partial charge is 0.497 e. The summed E-state index contributed by atoms with van der Waals surface area (Å²) in [7, 11) is -1.92. The van der Waals surface area contributed by atoms with Gasteiger partial charge in [0.05, 0.1) is 23.8 Å². The van der Waals surface area contributed by atoms with Gasteiger partial charge in [-0.15, -0.1) is 0 Å². The molecule has 0 spiro atoms. The number of benzene rings is 2. The second-order valence-electron chi connectivity index (χ2n) is 8.28. The van der Waals surface area contributed by atoms with Crippen LogP contribution in [-0.2, 0) is 9.47 Å². The molecule has 1 aromatic heterocycles. The van der Waals surface area contributed by atoms with Crippen molar-refractivity contribution in [2.24, 2.45) is 0 Å². The van der Waals surface area contributed by atoms with Gasteiger partial charge < -0.3 is 19.5 Å². The summed E-state index contributed by atoms with van der Waals surface area (Å²) in [6, 6.07) is 4.18. The summed E-state index contributed by atoms with van der Waals surface area (Å²) in [5.41, 5.74) is -5.10. The highest BCUT2D eigenvalue weighted by Crippen LogP contribution is 2.36. The van der Waals surface area contributed by atoms with Crippen LogP contribution in [0.5, 0.6) is 5.75 Å². The number of hydrogen-bond donors (Lipinski definition) is 1. The third-order valence-electron chi connectivity index (χ3n) is 4.53. The van der Waals surface area contributed by atoms with E-state index >= 15 is 17.6 Å². The molecule has 0 fully saturated rings. The lowest BCUT2D eigenvalue weighted by Gasteiger charge is -2.19. The van der Waals surface area contributed by atoms with Gasteiger partial charge in [-0.2, -0.15) is 0 Å². The predicted octanol–water partition coefficient (Wildman–Crippen LogP) is 5.37. The Kier molecular flexibility index (Phi) is 6.67. The molecular weight excluding hydrogens is 520 g/mol. The van der Waals surface area contributed by atoms with E-state index in [2.05, 4.69) is 14.5 Å². The van der Waals surface area contributed by atoms with Crippen LogP contribution in [0.4, 0.5) is 23.2 Å². The van der Waals surface area contributed by atoms with Gasteiger partial charge in [-0.1, -0.05) is 23.5 Å². The van der Waals surface area contributed by atoms with E-state index in [0.29, 0.717) is 11.3 Å². The van der Waals surface area contributed by atoms with Crippen molar-refractivity contribution in [3.63, 3.8) is 0 Å². The third kappa shape index (κ3) is 5.71. The van der Waals surface area contributed by atoms with Gasteiger partial charge in [-0.3, -0.25) is 4.79 Å². The number of esters is 2. The lowest BCUT2D eigenvalue weighted by molar-refractivity contribution is 0.00731. The highest BCUT2D eigenvalue weighted by Gasteiger charge is 2.32. The summed E-state index contributed by atoms with van der Waals surface area (Å²) in [6.45, 7) is 4.53. The number of aromatic nitrogens is 1. The van der Waals surface area contributed by atoms with Crippen LogP contribution in [0.1, 0.15) is 54.8 Å². The highest BCUT2D eigenvalue weighted by atomic mass is 32.1. The molecule has 0 radical (unpaired) electrons. The molecule has 0 atom stereocenters. The summed E-state index contributed by atoms with van der Waals surface area (Å²) in [6.07, 6.45) is 0. The number of ether oxygens (including phenoxy) is 3. The summed E-state index contributed by atoms with van der Waals surface area (Å²) in [4.78, 5) is 40.6. The molecule has 3 aromatic rings. The quantitative estimate of drug-likeness (QED) is 0.253. The molecular formula is C24H20F4N2O6S. The first-order chi connectivity index (χ1) is 18.4. The van der Waals surface area contributed by atoms with Crippen LogP contribution in [0.2, 0.25) is 0 Å². The molecule has 13 heteroatoms. The lowest BCUT2D eigenvalue weighted by Crippen LogP contribution is -2.25. The number of anilines is 1. The van der Waals surface area contributed by atoms with E-state index in [1.807, 2.05) is 0 Å². The second-order valence-corrected chi connectivity index (χ2v) is 9.28. The zero-order chi connectivity index (χ0) is 30.2. The first-order valence-electron chi connectivity index (χ1n) is 11.7. The summed E-state index contributed by atoms with van der Waals surface area (Å²) in [5.74, 6) is -11.9. The molecule has 0 unspecified atom stereocenters. The van der Waals surface area contributed by atoms with Crippen molar-refractivity contribution < 1.29 is 50.3 Å². The number of thiazole rings is 1. The number of methoxy groups -OCH3 is 2. The minimum absolute atomic E-state index is 0.367. The number of halogens is 4. The Morgan fingerprint density at radius 3 is 2.24 bits per heavy atom. The molecule has 3 rings (SSSR count). The van der Waals surface area contributed by atoms with Crippen LogP contribution in [0, 0.1) is 23.3 Å². The minimum Gasteiger partial charge on any atom is -0.497 e. The van der Waals surface area contributed by atoms with Crippen LogP contribution < -0.4 is 10.1 Å². The van der Waals surface area contributed by atoms with Gasteiger partial charge in [0.2, 0.25) is 5.01 Å². The van der Waals surface area contributed by atoms with E-state index in [9.17, 15) is 14.4 Å². The van der Waals surface area contributed by atoms with Crippen LogP contribution in [0.15, 0.2) is 24.3 Å². The molecule has 1 amide bonds. The van der Waals surface area contributed by atoms with Crippen LogP contribution in [0.3, 0.4) is 0 Å². The minimum atomic E-state index is -2.91. The predicted molar refractivity (Wildman–Crippen MR) is 125 cm³/mol. The number of rotatable bonds is 6. The van der Waals surface area contributed by atoms with Crippen molar-refractivity contribution in [1.82, 2.24) is 4.98 Å². The Labute approximate surface area is 216 Å². The number of carbonyl (C=O) groups excluding carboxylic acids is 3. The average Bonchev–Trinajstić information content (AvgIpc) is 3.29. The molecule has 0 saturated heterocycles. The SMILES string of the molecule is [2H]C([2H])([2H])Oc1cccc(-c2c(F)c(F)c(NC(=O)c3nc(C(=O)OC)sc3C(=O)OC(C)(C)C)c(F)c2F)c1. The fraction of sp³-hybridized carbons (Fsp3) is 0.250. The fourth-order valence-electron chi connectivity index (χ4n) is 2.99. The standard InChI is InChI=1S/C24H20F4N2O6S/c1-24(2,3)36-22(32)19-18(30-21(37-19)23(33)35-5)20(31)29-17-15(27)13(25)12(14(26)16(17)28)10-7-6-8-11(9-10)34-4/h6-9H,1-5H3,(H,29,31)/i4D3. The Morgan fingerprint density at radius 1 is 1.03 bits per heavy atom. The molecule has 2 aromatic carbocycles. The fourth-order valence-corrected chi connectivity index (χ4v) is 3.85. The average molecular weight is 544 g/mol. The van der Waals surface area contributed by atoms with E-state index < -0.39 is 86.1 Å². The van der Waals surface area contributed by atoms with Gasteiger partial charge in [-0.05, 0) is 38.5 Å². The van der Waals surface area contributed by atoms with Gasteiger partial charge in [0.1, 0.15) is 21.9 Å². The number of hydrogen-bond acceptors (Lipinski definition) is 8. The Bertz CT molecular complexity index is 1480. The molecule has 0 aliphatic heterocycles. The zero-order valence-electron chi connectivity index (χ0n) is 22.6. The van der Waals surface area contributed by atoms with E-state index in [1.165, 1.54) is 20.8 Å². The molecule has 0 aliphatic carbocycles. The Balaban J connectivity index is 2.05. The maximum Gasteiger partial charge on any atom is 0.367 e. The van der Waals surface area contributed by atoms with Crippen molar-refractivity contribution in [3.05, 3.63) is 63.1 Å². The highest BCUT2D eigenvalue weighted by molar-refractivity contribution is 7.15. The third-order valence-corrected chi connectivity index (χ3v) is 5.54. The van der Waals surface area contributed by atoms with Gasteiger partial charge in [0, 0.05) is 0 Å². The maximum absolute atomic E-state index is 15.0. The molecule has 0 aliphatic rings. The number of nitrogens with one attached hydrogen (secondary N) is 1. The first kappa shape index (κ1) is 23.4. The summed E-state index contributed by atoms with van der Waals surface area (Å²) < 4.78 is 95.8. The topological polar surface area (TPSA) is 104 Å². The van der Waals surface area contributed by atoms with Crippen LogP contribution in [0.25, 0.3) is 11.1 Å². The smallest absolute Gasteiger partial charge is 0.367 e. The molecule has 0 saturated carbocycles. The van der Waals surface area contributed by atoms with Crippen molar-refractivity contribution >= 4 is 34.9 Å². The molecule has 1 heterocycles. The van der Waals surface area contributed by atoms with E-state index in [1.54, 1.807) is 5.32 Å². The van der Waals surface area contributed by atoms with Gasteiger partial charge in [0.15, 0.2) is 29.0 Å². The molecule has 196 valence electrons. The second kappa shape index (κ2) is 10.5. The van der Waals surface area contributed by atoms with E-state index in [4.69, 9.17) is 8.85 Å². The molecule has 8 nitrogen and oxygen atoms in total. The van der Waals surface area contributed by atoms with Crippen molar-refractivity contribution in [2.45, 2.75) is 26.4 Å². The van der Waals surface area contributed by atoms with Crippen molar-refractivity contribution in [3.8, 4) is 16.9 Å². The summed E-state index contributed by atoms with van der Waals surface area (Å²) in [5, 5.41) is 1.16. The lowest BCUT2D eigenvalue weighted by atomic mass is 10.0.